The Morgan fingerprint density at radius 1 is 1.30 bits per heavy atom. The Morgan fingerprint density at radius 2 is 2.20 bits per heavy atom. The lowest BCUT2D eigenvalue weighted by atomic mass is 9.86. The zero-order chi connectivity index (χ0) is 7.03. The van der Waals surface area contributed by atoms with E-state index in [0.29, 0.717) is 9.53 Å². The van der Waals surface area contributed by atoms with Crippen molar-refractivity contribution in [2.24, 2.45) is 0 Å². The Balaban J connectivity index is 2.10. The van der Waals surface area contributed by atoms with Crippen LogP contribution in [-0.2, 0) is 4.74 Å². The number of hydrogen-bond acceptors (Lipinski definition) is 1. The molecule has 0 N–H and O–H groups in total. The van der Waals surface area contributed by atoms with Crippen LogP contribution in [0.5, 0.6) is 0 Å². The van der Waals surface area contributed by atoms with Crippen LogP contribution in [0.2, 0.25) is 0 Å². The highest BCUT2D eigenvalue weighted by Gasteiger charge is 2.42. The summed E-state index contributed by atoms with van der Waals surface area (Å²) in [7, 11) is 0. The molecule has 2 fully saturated rings. The number of ether oxygens (including phenoxy) is 1. The first kappa shape index (κ1) is 7.35. The largest absolute Gasteiger partial charge is 0.377 e. The van der Waals surface area contributed by atoms with Gasteiger partial charge in [-0.25, -0.2) is 0 Å². The SMILES string of the molecule is I[C@]12CCCC[C@H]1OCC2. The van der Waals surface area contributed by atoms with Crippen LogP contribution in [0, 0.1) is 0 Å². The lowest BCUT2D eigenvalue weighted by molar-refractivity contribution is 0.0794. The van der Waals surface area contributed by atoms with Gasteiger partial charge in [-0.1, -0.05) is 35.4 Å². The number of hydrogen-bond donors (Lipinski definition) is 0. The molecule has 2 rings (SSSR count). The minimum Gasteiger partial charge on any atom is -0.377 e. The summed E-state index contributed by atoms with van der Waals surface area (Å²) >= 11 is 2.62. The molecule has 0 aromatic heterocycles. The Morgan fingerprint density at radius 3 is 3.00 bits per heavy atom. The van der Waals surface area contributed by atoms with Crippen LogP contribution < -0.4 is 0 Å². The van der Waals surface area contributed by atoms with Gasteiger partial charge in [0.05, 0.1) is 9.53 Å². The molecular weight excluding hydrogens is 239 g/mol. The Labute approximate surface area is 75.7 Å². The Hall–Kier alpha value is 0.690. The van der Waals surface area contributed by atoms with Crippen molar-refractivity contribution in [1.29, 1.82) is 0 Å². The molecule has 0 aromatic rings. The van der Waals surface area contributed by atoms with E-state index < -0.39 is 0 Å². The highest BCUT2D eigenvalue weighted by molar-refractivity contribution is 14.1. The van der Waals surface area contributed by atoms with Gasteiger partial charge in [-0.3, -0.25) is 0 Å². The molecule has 0 bridgehead atoms. The molecule has 0 radical (unpaired) electrons. The average molecular weight is 252 g/mol. The van der Waals surface area contributed by atoms with Crippen molar-refractivity contribution >= 4 is 22.6 Å². The maximum absolute atomic E-state index is 5.65. The van der Waals surface area contributed by atoms with Gasteiger partial charge in [0.2, 0.25) is 0 Å². The molecule has 1 heterocycles. The van der Waals surface area contributed by atoms with Gasteiger partial charge < -0.3 is 4.74 Å². The van der Waals surface area contributed by atoms with E-state index in [2.05, 4.69) is 22.6 Å². The maximum Gasteiger partial charge on any atom is 0.0721 e. The van der Waals surface area contributed by atoms with Crippen LogP contribution in [0.3, 0.4) is 0 Å². The summed E-state index contributed by atoms with van der Waals surface area (Å²) in [6.45, 7) is 1.01. The minimum absolute atomic E-state index is 0.538. The molecule has 1 saturated carbocycles. The Kier molecular flexibility index (Phi) is 1.93. The molecule has 1 saturated heterocycles. The fourth-order valence-electron chi connectivity index (χ4n) is 2.06. The standard InChI is InChI=1S/C8H13IO/c9-8-4-2-1-3-7(8)10-6-5-8/h7H,1-6H2/t7-,8+/m1/s1. The average Bonchev–Trinajstić information content (AvgIpc) is 2.29. The normalized spacial score (nSPS) is 47.1. The van der Waals surface area contributed by atoms with Gasteiger partial charge in [0.15, 0.2) is 0 Å². The first-order valence-electron chi connectivity index (χ1n) is 4.12. The van der Waals surface area contributed by atoms with Crippen molar-refractivity contribution < 1.29 is 4.74 Å². The third kappa shape index (κ3) is 1.09. The van der Waals surface area contributed by atoms with Crippen molar-refractivity contribution in [3.05, 3.63) is 0 Å². The van der Waals surface area contributed by atoms with E-state index in [4.69, 9.17) is 4.74 Å². The van der Waals surface area contributed by atoms with E-state index >= 15 is 0 Å². The molecule has 0 aromatic carbocycles. The van der Waals surface area contributed by atoms with Crippen molar-refractivity contribution in [1.82, 2.24) is 0 Å². The van der Waals surface area contributed by atoms with E-state index in [1.54, 1.807) is 0 Å². The monoisotopic (exact) mass is 252 g/mol. The first-order valence-corrected chi connectivity index (χ1v) is 5.20. The summed E-state index contributed by atoms with van der Waals surface area (Å²) < 4.78 is 6.19. The van der Waals surface area contributed by atoms with E-state index in [0.717, 1.165) is 6.61 Å². The van der Waals surface area contributed by atoms with Crippen LogP contribution >= 0.6 is 22.6 Å². The predicted molar refractivity (Wildman–Crippen MR) is 49.6 cm³/mol. The topological polar surface area (TPSA) is 9.23 Å². The van der Waals surface area contributed by atoms with Crippen LogP contribution in [0.15, 0.2) is 0 Å². The fourth-order valence-corrected chi connectivity index (χ4v) is 3.15. The molecule has 1 nitrogen and oxygen atoms in total. The summed E-state index contributed by atoms with van der Waals surface area (Å²) in [5.74, 6) is 0. The lowest BCUT2D eigenvalue weighted by Gasteiger charge is -2.32. The van der Waals surface area contributed by atoms with Gasteiger partial charge in [-0.2, -0.15) is 0 Å². The number of halogens is 1. The van der Waals surface area contributed by atoms with Gasteiger partial charge in [0.1, 0.15) is 0 Å². The summed E-state index contributed by atoms with van der Waals surface area (Å²) in [6.07, 6.45) is 7.39. The molecule has 0 unspecified atom stereocenters. The molecule has 2 aliphatic rings. The minimum atomic E-state index is 0.538. The highest BCUT2D eigenvalue weighted by atomic mass is 127. The van der Waals surface area contributed by atoms with Crippen LogP contribution in [0.25, 0.3) is 0 Å². The fraction of sp³-hybridized carbons (Fsp3) is 1.00. The number of rotatable bonds is 0. The summed E-state index contributed by atoms with van der Waals surface area (Å²) in [5, 5.41) is 0. The molecule has 1 aliphatic carbocycles. The Bertz CT molecular complexity index is 137. The molecular formula is C8H13IO. The van der Waals surface area contributed by atoms with Crippen LogP contribution in [0.1, 0.15) is 32.1 Å². The van der Waals surface area contributed by atoms with Gasteiger partial charge >= 0.3 is 0 Å². The van der Waals surface area contributed by atoms with Gasteiger partial charge in [0, 0.05) is 6.61 Å². The quantitative estimate of drug-likeness (QED) is 0.475. The molecule has 0 spiro atoms. The second-order valence-corrected chi connectivity index (χ2v) is 5.54. The molecule has 0 amide bonds. The van der Waals surface area contributed by atoms with Crippen molar-refractivity contribution in [3.63, 3.8) is 0 Å². The van der Waals surface area contributed by atoms with Crippen molar-refractivity contribution in [2.45, 2.75) is 41.6 Å². The number of fused-ring (bicyclic) bond motifs is 1. The predicted octanol–water partition coefficient (Wildman–Crippen LogP) is 2.52. The first-order chi connectivity index (χ1) is 4.81. The van der Waals surface area contributed by atoms with E-state index in [1.807, 2.05) is 0 Å². The zero-order valence-electron chi connectivity index (χ0n) is 6.11. The van der Waals surface area contributed by atoms with Gasteiger partial charge in [-0.05, 0) is 19.3 Å². The molecule has 2 heteroatoms. The van der Waals surface area contributed by atoms with E-state index in [9.17, 15) is 0 Å². The maximum atomic E-state index is 5.65. The summed E-state index contributed by atoms with van der Waals surface area (Å²) in [5.41, 5.74) is 0. The third-order valence-corrected chi connectivity index (χ3v) is 4.50. The molecule has 10 heavy (non-hydrogen) atoms. The summed E-state index contributed by atoms with van der Waals surface area (Å²) in [4.78, 5) is 0. The van der Waals surface area contributed by atoms with Gasteiger partial charge in [-0.15, -0.1) is 0 Å². The van der Waals surface area contributed by atoms with Gasteiger partial charge in [0.25, 0.3) is 0 Å². The molecule has 2 atom stereocenters. The van der Waals surface area contributed by atoms with E-state index in [-0.39, 0.29) is 0 Å². The third-order valence-electron chi connectivity index (χ3n) is 2.72. The second-order valence-electron chi connectivity index (χ2n) is 3.39. The highest BCUT2D eigenvalue weighted by Crippen LogP contribution is 2.44. The second kappa shape index (κ2) is 2.63. The van der Waals surface area contributed by atoms with Crippen LogP contribution in [0.4, 0.5) is 0 Å². The smallest absolute Gasteiger partial charge is 0.0721 e. The zero-order valence-corrected chi connectivity index (χ0v) is 8.26. The summed E-state index contributed by atoms with van der Waals surface area (Å²) in [6, 6.07) is 0. The number of alkyl halides is 1. The van der Waals surface area contributed by atoms with E-state index in [1.165, 1.54) is 32.1 Å². The molecule has 58 valence electrons. The van der Waals surface area contributed by atoms with Crippen LogP contribution in [-0.4, -0.2) is 16.1 Å². The van der Waals surface area contributed by atoms with Crippen molar-refractivity contribution in [2.75, 3.05) is 6.61 Å². The molecule has 1 aliphatic heterocycles. The lowest BCUT2D eigenvalue weighted by Crippen LogP contribution is -2.34. The van der Waals surface area contributed by atoms with Crippen molar-refractivity contribution in [3.8, 4) is 0 Å².